The predicted molar refractivity (Wildman–Crippen MR) is 91.3 cm³/mol. The Hall–Kier alpha value is -1.03. The molecule has 0 saturated carbocycles. The Kier molecular flexibility index (Phi) is 7.44. The minimum Gasteiger partial charge on any atom is -0.387 e. The average molecular weight is 497 g/mol. The molecule has 1 aromatic rings. The van der Waals surface area contributed by atoms with Gasteiger partial charge in [0.15, 0.2) is 6.23 Å². The monoisotopic (exact) mass is 497 g/mol. The predicted octanol–water partition coefficient (Wildman–Crippen LogP) is -2.37. The average Bonchev–Trinajstić information content (AvgIpc) is 2.83. The minimum absolute atomic E-state index is 0.159. The van der Waals surface area contributed by atoms with Crippen LogP contribution in [0.3, 0.4) is 0 Å². The molecule has 0 spiro atoms. The lowest BCUT2D eigenvalue weighted by atomic mass is 10.1. The second-order valence-corrected chi connectivity index (χ2v) is 10.3. The molecule has 1 aromatic heterocycles. The Morgan fingerprint density at radius 2 is 1.70 bits per heavy atom. The maximum atomic E-state index is 12.2. The molecule has 0 aromatic carbocycles. The van der Waals surface area contributed by atoms with Gasteiger partial charge in [-0.25, -0.2) is 18.5 Å². The van der Waals surface area contributed by atoms with Gasteiger partial charge >= 0.3 is 29.2 Å². The van der Waals surface area contributed by atoms with Crippen molar-refractivity contribution in [3.05, 3.63) is 28.2 Å². The van der Waals surface area contributed by atoms with Crippen LogP contribution in [0.5, 0.6) is 0 Å². The number of rotatable bonds is 8. The van der Waals surface area contributed by atoms with Crippen LogP contribution in [0.1, 0.15) is 6.23 Å². The van der Waals surface area contributed by atoms with E-state index in [-0.39, 0.29) is 5.49 Å². The largest absolute Gasteiger partial charge is 0.490 e. The van der Waals surface area contributed by atoms with Crippen molar-refractivity contribution in [2.45, 2.75) is 24.5 Å². The third kappa shape index (κ3) is 6.24. The van der Waals surface area contributed by atoms with Crippen LogP contribution >= 0.6 is 23.5 Å². The maximum absolute atomic E-state index is 12.2. The first-order chi connectivity index (χ1) is 13.5. The van der Waals surface area contributed by atoms with Crippen molar-refractivity contribution < 1.29 is 61.4 Å². The lowest BCUT2D eigenvalue weighted by Gasteiger charge is -2.19. The number of phosphoric ester groups is 1. The molecular formula is C10H18N3O14P3. The van der Waals surface area contributed by atoms with Crippen molar-refractivity contribution in [2.24, 2.45) is 7.05 Å². The summed E-state index contributed by atoms with van der Waals surface area (Å²) in [6.07, 6.45) is -5.38. The van der Waals surface area contributed by atoms with Gasteiger partial charge in [0.2, 0.25) is 0 Å². The molecule has 0 aliphatic carbocycles. The Morgan fingerprint density at radius 1 is 1.10 bits per heavy atom. The molecule has 1 saturated heterocycles. The lowest BCUT2D eigenvalue weighted by molar-refractivity contribution is -0.0547. The molecule has 3 unspecified atom stereocenters. The fourth-order valence-corrected chi connectivity index (χ4v) is 5.39. The third-order valence-electron chi connectivity index (χ3n) is 3.69. The molecule has 0 amide bonds. The van der Waals surface area contributed by atoms with Crippen molar-refractivity contribution in [1.82, 2.24) is 9.13 Å². The molecule has 1 aliphatic heterocycles. The molecule has 0 radical (unpaired) electrons. The highest BCUT2D eigenvalue weighted by Gasteiger charge is 2.46. The van der Waals surface area contributed by atoms with Gasteiger partial charge in [0.05, 0.1) is 6.61 Å². The summed E-state index contributed by atoms with van der Waals surface area (Å²) in [6, 6.07) is 1.20. The van der Waals surface area contributed by atoms with E-state index >= 15 is 0 Å². The van der Waals surface area contributed by atoms with Crippen LogP contribution in [0.15, 0.2) is 17.1 Å². The number of hydrogen-bond donors (Lipinski definition) is 7. The van der Waals surface area contributed by atoms with Gasteiger partial charge in [-0.05, 0) is 6.07 Å². The van der Waals surface area contributed by atoms with Gasteiger partial charge in [-0.3, -0.25) is 19.1 Å². The molecule has 17 nitrogen and oxygen atoms in total. The van der Waals surface area contributed by atoms with Gasteiger partial charge in [-0.15, -0.1) is 0 Å². The van der Waals surface area contributed by atoms with Crippen molar-refractivity contribution in [2.75, 3.05) is 6.61 Å². The maximum Gasteiger partial charge on any atom is 0.490 e. The third-order valence-corrected chi connectivity index (χ3v) is 7.49. The molecule has 172 valence electrons. The van der Waals surface area contributed by atoms with E-state index in [9.17, 15) is 33.6 Å². The molecule has 1 fully saturated rings. The van der Waals surface area contributed by atoms with Crippen molar-refractivity contribution >= 4 is 23.5 Å². The van der Waals surface area contributed by atoms with Crippen LogP contribution in [0.2, 0.25) is 0 Å². The zero-order valence-electron chi connectivity index (χ0n) is 14.9. The highest BCUT2D eigenvalue weighted by molar-refractivity contribution is 7.66. The van der Waals surface area contributed by atoms with E-state index < -0.39 is 60.3 Å². The zero-order chi connectivity index (χ0) is 23.1. The zero-order valence-corrected chi connectivity index (χ0v) is 17.5. The summed E-state index contributed by atoms with van der Waals surface area (Å²) < 4.78 is 52.0. The number of aromatic nitrogens is 2. The number of ether oxygens (including phenoxy) is 1. The van der Waals surface area contributed by atoms with Crippen LogP contribution in [0.25, 0.3) is 0 Å². The number of hydrogen-bond acceptors (Lipinski definition) is 11. The summed E-state index contributed by atoms with van der Waals surface area (Å²) in [4.78, 5) is 47.6. The summed E-state index contributed by atoms with van der Waals surface area (Å²) in [5.74, 6) is 0. The Morgan fingerprint density at radius 3 is 2.27 bits per heavy atom. The highest BCUT2D eigenvalue weighted by atomic mass is 31.3. The Balaban J connectivity index is 2.09. The van der Waals surface area contributed by atoms with Crippen LogP contribution < -0.4 is 11.2 Å². The van der Waals surface area contributed by atoms with E-state index in [1.165, 1.54) is 13.1 Å². The van der Waals surface area contributed by atoms with Crippen LogP contribution in [0.4, 0.5) is 0 Å². The van der Waals surface area contributed by atoms with Gasteiger partial charge < -0.3 is 34.5 Å². The van der Waals surface area contributed by atoms with Gasteiger partial charge in [0, 0.05) is 13.2 Å². The number of phosphoric acid groups is 3. The van der Waals surface area contributed by atoms with E-state index in [4.69, 9.17) is 24.8 Å². The smallest absolute Gasteiger partial charge is 0.387 e. The highest BCUT2D eigenvalue weighted by Crippen LogP contribution is 2.66. The number of nitrogens with one attached hydrogen (secondary N) is 1. The molecule has 2 heterocycles. The molecule has 7 N–H and O–H groups in total. The Bertz CT molecular complexity index is 1050. The van der Waals surface area contributed by atoms with E-state index in [0.29, 0.717) is 0 Å². The van der Waals surface area contributed by atoms with Gasteiger partial charge in [0.25, 0.3) is 0 Å². The summed E-state index contributed by atoms with van der Waals surface area (Å²) in [5.41, 5.74) is -0.944. The van der Waals surface area contributed by atoms with Crippen molar-refractivity contribution in [1.29, 1.82) is 5.41 Å². The van der Waals surface area contributed by atoms with Gasteiger partial charge in [0.1, 0.15) is 23.8 Å². The van der Waals surface area contributed by atoms with Crippen LogP contribution in [-0.2, 0) is 38.6 Å². The number of nitrogens with zero attached hydrogens (tertiary/aromatic N) is 2. The SMILES string of the molecule is Cn1c(=N)ccn([C@@H]2O[C@H](COP(=O)(O)OP(=O)(O)OP(=O)(O)O)[C@H](O)C2O)c1=O. The normalized spacial score (nSPS) is 28.8. The van der Waals surface area contributed by atoms with E-state index in [1.807, 2.05) is 0 Å². The first-order valence-electron chi connectivity index (χ1n) is 7.66. The van der Waals surface area contributed by atoms with Crippen molar-refractivity contribution in [3.63, 3.8) is 0 Å². The second-order valence-electron chi connectivity index (χ2n) is 5.88. The fraction of sp³-hybridized carbons (Fsp3) is 0.600. The summed E-state index contributed by atoms with van der Waals surface area (Å²) in [6.45, 7) is -1.02. The Labute approximate surface area is 166 Å². The molecule has 6 atom stereocenters. The van der Waals surface area contributed by atoms with Gasteiger partial charge in [-0.2, -0.15) is 8.62 Å². The van der Waals surface area contributed by atoms with Crippen LogP contribution in [-0.4, -0.2) is 63.8 Å². The first kappa shape index (κ1) is 25.2. The fourth-order valence-electron chi connectivity index (χ4n) is 2.36. The second kappa shape index (κ2) is 8.84. The molecule has 30 heavy (non-hydrogen) atoms. The molecular weight excluding hydrogens is 479 g/mol. The molecule has 20 heteroatoms. The molecule has 0 bridgehead atoms. The standard InChI is InChI=1S/C10H18N3O14P3/c1-12-6(11)2-3-13(10(12)16)9-8(15)7(14)5(25-9)4-24-29(20,21)27-30(22,23)26-28(17,18)19/h2-3,5,7-9,11,14-15H,4H2,1H3,(H,20,21)(H,22,23)(H2,17,18,19)/t5-,7+,8?,9-/m1/s1. The number of aliphatic hydroxyl groups excluding tert-OH is 2. The van der Waals surface area contributed by atoms with Gasteiger partial charge in [-0.1, -0.05) is 0 Å². The van der Waals surface area contributed by atoms with Crippen LogP contribution in [0, 0.1) is 5.41 Å². The van der Waals surface area contributed by atoms with E-state index in [0.717, 1.165) is 15.3 Å². The molecule has 1 aliphatic rings. The summed E-state index contributed by atoms with van der Waals surface area (Å²) >= 11 is 0. The van der Waals surface area contributed by atoms with Crippen molar-refractivity contribution in [3.8, 4) is 0 Å². The molecule has 2 rings (SSSR count). The van der Waals surface area contributed by atoms with E-state index in [1.54, 1.807) is 0 Å². The minimum atomic E-state index is -5.72. The number of aliphatic hydroxyl groups is 2. The summed E-state index contributed by atoms with van der Waals surface area (Å²) in [7, 11) is -15.5. The first-order valence-corrected chi connectivity index (χ1v) is 12.2. The van der Waals surface area contributed by atoms with E-state index in [2.05, 4.69) is 13.1 Å². The topological polar surface area (TPSA) is 260 Å². The quantitative estimate of drug-likeness (QED) is 0.185. The summed E-state index contributed by atoms with van der Waals surface area (Å²) in [5, 5.41) is 27.7. The lowest BCUT2D eigenvalue weighted by Crippen LogP contribution is -2.41.